The zero-order valence-electron chi connectivity index (χ0n) is 11.0. The fourth-order valence-corrected chi connectivity index (χ4v) is 3.22. The van der Waals surface area contributed by atoms with E-state index in [1.165, 1.54) is 6.39 Å². The lowest BCUT2D eigenvalue weighted by Crippen LogP contribution is -2.21. The number of rotatable bonds is 6. The Morgan fingerprint density at radius 1 is 1.35 bits per heavy atom. The Bertz CT molecular complexity index is 538. The lowest BCUT2D eigenvalue weighted by atomic mass is 10.0. The Labute approximate surface area is 134 Å². The molecule has 0 radical (unpaired) electrons. The number of benzene rings is 1. The molecule has 5 nitrogen and oxygen atoms in total. The summed E-state index contributed by atoms with van der Waals surface area (Å²) < 4.78 is 12.1. The second-order valence-electron chi connectivity index (χ2n) is 4.40. The van der Waals surface area contributed by atoms with Crippen LogP contribution in [0.5, 0.6) is 5.75 Å². The van der Waals surface area contributed by atoms with Gasteiger partial charge in [0.25, 0.3) is 0 Å². The van der Waals surface area contributed by atoms with Crippen molar-refractivity contribution in [2.75, 3.05) is 0 Å². The van der Waals surface area contributed by atoms with Crippen LogP contribution in [-0.2, 0) is 13.0 Å². The molecular weight excluding hydrogens is 390 g/mol. The van der Waals surface area contributed by atoms with E-state index in [0.29, 0.717) is 11.6 Å². The molecule has 0 aliphatic heterocycles. The number of hydrogen-bond acceptors (Lipinski definition) is 5. The molecule has 0 saturated heterocycles. The van der Waals surface area contributed by atoms with Crippen LogP contribution in [-0.4, -0.2) is 16.2 Å². The van der Waals surface area contributed by atoms with Crippen molar-refractivity contribution in [3.05, 3.63) is 38.9 Å². The Hall–Kier alpha value is -0.920. The van der Waals surface area contributed by atoms with Crippen LogP contribution in [0.2, 0.25) is 0 Å². The lowest BCUT2D eigenvalue weighted by Gasteiger charge is -2.13. The van der Waals surface area contributed by atoms with Gasteiger partial charge in [-0.15, -0.1) is 0 Å². The van der Waals surface area contributed by atoms with E-state index in [-0.39, 0.29) is 12.6 Å². The van der Waals surface area contributed by atoms with E-state index < -0.39 is 0 Å². The first-order valence-corrected chi connectivity index (χ1v) is 7.80. The van der Waals surface area contributed by atoms with Gasteiger partial charge in [-0.1, -0.05) is 12.1 Å². The van der Waals surface area contributed by atoms with Gasteiger partial charge in [-0.3, -0.25) is 0 Å². The molecule has 0 aliphatic rings. The highest BCUT2D eigenvalue weighted by molar-refractivity contribution is 9.11. The van der Waals surface area contributed by atoms with Gasteiger partial charge < -0.3 is 15.0 Å². The number of nitrogens with two attached hydrogens (primary N) is 1. The zero-order valence-corrected chi connectivity index (χ0v) is 14.1. The smallest absolute Gasteiger partial charge is 0.213 e. The molecule has 0 saturated carbocycles. The molecule has 2 aromatic rings. The lowest BCUT2D eigenvalue weighted by molar-refractivity contribution is 0.283. The Kier molecular flexibility index (Phi) is 5.56. The summed E-state index contributed by atoms with van der Waals surface area (Å²) in [5.74, 6) is 1.21. The van der Waals surface area contributed by atoms with Crippen LogP contribution in [0, 0.1) is 0 Å². The molecule has 0 spiro atoms. The average molecular weight is 405 g/mol. The van der Waals surface area contributed by atoms with Crippen LogP contribution in [0.25, 0.3) is 0 Å². The summed E-state index contributed by atoms with van der Waals surface area (Å²) in [4.78, 5) is 3.91. The van der Waals surface area contributed by atoms with E-state index in [1.54, 1.807) is 0 Å². The molecule has 2 N–H and O–H groups in total. The first-order chi connectivity index (χ1) is 9.60. The first kappa shape index (κ1) is 15.5. The van der Waals surface area contributed by atoms with Crippen molar-refractivity contribution < 1.29 is 9.26 Å². The summed E-state index contributed by atoms with van der Waals surface area (Å²) in [7, 11) is 0. The van der Waals surface area contributed by atoms with Crippen molar-refractivity contribution in [3.63, 3.8) is 0 Å². The van der Waals surface area contributed by atoms with E-state index in [0.717, 1.165) is 27.4 Å². The molecule has 0 amide bonds. The number of aromatic nitrogens is 2. The predicted molar refractivity (Wildman–Crippen MR) is 82.4 cm³/mol. The Balaban J connectivity index is 2.10. The molecule has 1 unspecified atom stereocenters. The molecule has 0 bridgehead atoms. The average Bonchev–Trinajstić information content (AvgIpc) is 2.90. The topological polar surface area (TPSA) is 74.2 Å². The van der Waals surface area contributed by atoms with Crippen LogP contribution >= 0.6 is 31.9 Å². The van der Waals surface area contributed by atoms with Gasteiger partial charge in [0.05, 0.1) is 8.95 Å². The van der Waals surface area contributed by atoms with Crippen LogP contribution in [0.4, 0.5) is 0 Å². The Morgan fingerprint density at radius 2 is 2.05 bits per heavy atom. The Morgan fingerprint density at radius 3 is 2.60 bits per heavy atom. The quantitative estimate of drug-likeness (QED) is 0.797. The number of nitrogens with zero attached hydrogens (tertiary/aromatic N) is 2. The summed E-state index contributed by atoms with van der Waals surface area (Å²) in [5, 5.41) is 3.70. The highest BCUT2D eigenvalue weighted by atomic mass is 79.9. The van der Waals surface area contributed by atoms with Crippen molar-refractivity contribution in [1.82, 2.24) is 10.1 Å². The summed E-state index contributed by atoms with van der Waals surface area (Å²) >= 11 is 7.03. The van der Waals surface area contributed by atoms with Gasteiger partial charge >= 0.3 is 0 Å². The molecule has 20 heavy (non-hydrogen) atoms. The second kappa shape index (κ2) is 7.19. The monoisotopic (exact) mass is 403 g/mol. The zero-order chi connectivity index (χ0) is 14.5. The largest absolute Gasteiger partial charge is 0.483 e. The molecule has 1 atom stereocenters. The van der Waals surface area contributed by atoms with E-state index in [4.69, 9.17) is 10.5 Å². The molecule has 0 fully saturated rings. The minimum absolute atomic E-state index is 0.167. The van der Waals surface area contributed by atoms with E-state index in [2.05, 4.69) is 53.4 Å². The normalized spacial score (nSPS) is 12.4. The van der Waals surface area contributed by atoms with Crippen molar-refractivity contribution >= 4 is 31.9 Å². The van der Waals surface area contributed by atoms with Crippen molar-refractivity contribution in [1.29, 1.82) is 0 Å². The van der Waals surface area contributed by atoms with Gasteiger partial charge in [-0.2, -0.15) is 4.98 Å². The third-order valence-electron chi connectivity index (χ3n) is 2.83. The third-order valence-corrected chi connectivity index (χ3v) is 4.01. The van der Waals surface area contributed by atoms with Crippen LogP contribution in [0.3, 0.4) is 0 Å². The fourth-order valence-electron chi connectivity index (χ4n) is 1.71. The van der Waals surface area contributed by atoms with Crippen molar-refractivity contribution in [2.45, 2.75) is 32.4 Å². The van der Waals surface area contributed by atoms with Crippen LogP contribution < -0.4 is 10.5 Å². The van der Waals surface area contributed by atoms with Gasteiger partial charge in [0.1, 0.15) is 5.75 Å². The van der Waals surface area contributed by atoms with Gasteiger partial charge in [-0.05, 0) is 62.4 Å². The van der Waals surface area contributed by atoms with E-state index in [1.807, 2.05) is 12.1 Å². The van der Waals surface area contributed by atoms with Crippen LogP contribution in [0.1, 0.15) is 24.7 Å². The predicted octanol–water partition coefficient (Wildman–Crippen LogP) is 3.45. The standard InChI is InChI=1S/C13H15Br2N3O2/c1-2-9(16)3-8-4-10(14)13(11(15)5-8)19-6-12-17-7-20-18-12/h4-5,7,9H,2-3,6,16H2,1H3. The summed E-state index contributed by atoms with van der Waals surface area (Å²) in [5.41, 5.74) is 7.13. The number of hydrogen-bond donors (Lipinski definition) is 1. The molecular formula is C13H15Br2N3O2. The second-order valence-corrected chi connectivity index (χ2v) is 6.11. The molecule has 1 heterocycles. The maximum absolute atomic E-state index is 5.98. The molecule has 108 valence electrons. The van der Waals surface area contributed by atoms with Crippen molar-refractivity contribution in [3.8, 4) is 5.75 Å². The summed E-state index contributed by atoms with van der Waals surface area (Å²) in [6.07, 6.45) is 3.06. The third kappa shape index (κ3) is 4.04. The minimum atomic E-state index is 0.167. The highest BCUT2D eigenvalue weighted by Gasteiger charge is 2.12. The van der Waals surface area contributed by atoms with Crippen LogP contribution in [0.15, 0.2) is 32.0 Å². The summed E-state index contributed by atoms with van der Waals surface area (Å²) in [6, 6.07) is 4.21. The van der Waals surface area contributed by atoms with Gasteiger partial charge in [0.2, 0.25) is 12.2 Å². The van der Waals surface area contributed by atoms with E-state index >= 15 is 0 Å². The molecule has 0 aliphatic carbocycles. The highest BCUT2D eigenvalue weighted by Crippen LogP contribution is 2.35. The minimum Gasteiger partial charge on any atom is -0.483 e. The summed E-state index contributed by atoms with van der Waals surface area (Å²) in [6.45, 7) is 2.33. The molecule has 1 aromatic heterocycles. The van der Waals surface area contributed by atoms with Gasteiger partial charge in [0, 0.05) is 6.04 Å². The maximum atomic E-state index is 5.98. The number of halogens is 2. The van der Waals surface area contributed by atoms with Gasteiger partial charge in [0.15, 0.2) is 6.61 Å². The van der Waals surface area contributed by atoms with E-state index in [9.17, 15) is 0 Å². The first-order valence-electron chi connectivity index (χ1n) is 6.21. The van der Waals surface area contributed by atoms with Gasteiger partial charge in [-0.25, -0.2) is 0 Å². The molecule has 1 aromatic carbocycles. The number of ether oxygens (including phenoxy) is 1. The van der Waals surface area contributed by atoms with Crippen molar-refractivity contribution in [2.24, 2.45) is 5.73 Å². The fraction of sp³-hybridized carbons (Fsp3) is 0.385. The molecule has 7 heteroatoms. The SMILES string of the molecule is CCC(N)Cc1cc(Br)c(OCc2ncon2)c(Br)c1. The molecule has 2 rings (SSSR count). The maximum Gasteiger partial charge on any atom is 0.213 e.